The highest BCUT2D eigenvalue weighted by molar-refractivity contribution is 7.89. The molecule has 19 heavy (non-hydrogen) atoms. The van der Waals surface area contributed by atoms with Crippen LogP contribution >= 0.6 is 0 Å². The molecule has 1 aromatic carbocycles. The van der Waals surface area contributed by atoms with Gasteiger partial charge in [-0.1, -0.05) is 6.92 Å². The Hall–Kier alpha value is -1.80. The number of anilines is 1. The third-order valence-electron chi connectivity index (χ3n) is 2.49. The number of ether oxygens (including phenoxy) is 1. The van der Waals surface area contributed by atoms with Gasteiger partial charge in [-0.25, -0.2) is 8.42 Å². The fourth-order valence-electron chi connectivity index (χ4n) is 1.58. The first-order chi connectivity index (χ1) is 8.82. The second-order valence-corrected chi connectivity index (χ2v) is 5.71. The van der Waals surface area contributed by atoms with Crippen LogP contribution in [0.5, 0.6) is 5.75 Å². The van der Waals surface area contributed by atoms with E-state index in [1.807, 2.05) is 0 Å². The Balaban J connectivity index is 3.29. The molecule has 0 radical (unpaired) electrons. The van der Waals surface area contributed by atoms with Crippen LogP contribution in [0.3, 0.4) is 0 Å². The van der Waals surface area contributed by atoms with E-state index in [0.717, 1.165) is 4.31 Å². The number of benzene rings is 1. The fraction of sp³-hybridized carbons (Fsp3) is 0.364. The summed E-state index contributed by atoms with van der Waals surface area (Å²) in [4.78, 5) is 10.9. The molecule has 0 aliphatic heterocycles. The summed E-state index contributed by atoms with van der Waals surface area (Å²) < 4.78 is 30.8. The summed E-state index contributed by atoms with van der Waals surface area (Å²) in [6, 6.07) is 4.20. The van der Waals surface area contributed by atoms with E-state index < -0.39 is 15.9 Å². The number of methoxy groups -OCH3 is 1. The lowest BCUT2D eigenvalue weighted by Crippen LogP contribution is -2.38. The van der Waals surface area contributed by atoms with Gasteiger partial charge in [-0.05, 0) is 12.1 Å². The van der Waals surface area contributed by atoms with E-state index in [-0.39, 0.29) is 23.7 Å². The number of nitrogens with two attached hydrogens (primary N) is 2. The van der Waals surface area contributed by atoms with Crippen LogP contribution in [-0.4, -0.2) is 38.8 Å². The maximum Gasteiger partial charge on any atom is 0.247 e. The van der Waals surface area contributed by atoms with Crippen LogP contribution in [0.2, 0.25) is 0 Å². The average Bonchev–Trinajstić information content (AvgIpc) is 2.34. The van der Waals surface area contributed by atoms with Crippen LogP contribution < -0.4 is 16.2 Å². The number of hydrogen-bond acceptors (Lipinski definition) is 5. The van der Waals surface area contributed by atoms with E-state index in [2.05, 4.69) is 0 Å². The van der Waals surface area contributed by atoms with Crippen LogP contribution in [0.25, 0.3) is 0 Å². The lowest BCUT2D eigenvalue weighted by Gasteiger charge is -2.20. The molecule has 0 aliphatic carbocycles. The van der Waals surface area contributed by atoms with E-state index in [9.17, 15) is 13.2 Å². The molecule has 0 saturated carbocycles. The van der Waals surface area contributed by atoms with Crippen LogP contribution in [-0.2, 0) is 14.8 Å². The molecule has 0 atom stereocenters. The maximum absolute atomic E-state index is 12.4. The highest BCUT2D eigenvalue weighted by Crippen LogP contribution is 2.28. The molecule has 0 saturated heterocycles. The molecule has 0 aromatic heterocycles. The zero-order valence-corrected chi connectivity index (χ0v) is 11.6. The van der Waals surface area contributed by atoms with Crippen LogP contribution in [0.1, 0.15) is 6.92 Å². The monoisotopic (exact) mass is 287 g/mol. The van der Waals surface area contributed by atoms with Crippen molar-refractivity contribution in [3.05, 3.63) is 18.2 Å². The predicted molar refractivity (Wildman–Crippen MR) is 71.0 cm³/mol. The summed E-state index contributed by atoms with van der Waals surface area (Å²) in [5.41, 5.74) is 11.0. The van der Waals surface area contributed by atoms with E-state index in [1.165, 1.54) is 25.3 Å². The van der Waals surface area contributed by atoms with E-state index in [4.69, 9.17) is 16.2 Å². The van der Waals surface area contributed by atoms with Crippen molar-refractivity contribution < 1.29 is 17.9 Å². The zero-order valence-electron chi connectivity index (χ0n) is 10.8. The summed E-state index contributed by atoms with van der Waals surface area (Å²) in [5, 5.41) is 0. The van der Waals surface area contributed by atoms with Gasteiger partial charge in [0, 0.05) is 18.3 Å². The lowest BCUT2D eigenvalue weighted by atomic mass is 10.3. The van der Waals surface area contributed by atoms with Crippen molar-refractivity contribution in [2.75, 3.05) is 25.9 Å². The minimum absolute atomic E-state index is 0.0488. The predicted octanol–water partition coefficient (Wildman–Crippen LogP) is -0.227. The minimum Gasteiger partial charge on any atom is -0.495 e. The molecule has 7 nitrogen and oxygen atoms in total. The molecule has 4 N–H and O–H groups in total. The number of amides is 1. The Bertz CT molecular complexity index is 571. The molecule has 8 heteroatoms. The number of nitrogens with zero attached hydrogens (tertiary/aromatic N) is 1. The van der Waals surface area contributed by atoms with Gasteiger partial charge in [0.1, 0.15) is 10.6 Å². The Labute approximate surface area is 112 Å². The standard InChI is InChI=1S/C11H17N3O4S/c1-3-14(7-11(13)15)19(16,17)10-5-4-8(12)6-9(10)18-2/h4-6H,3,7,12H2,1-2H3,(H2,13,15). The van der Waals surface area contributed by atoms with Crippen molar-refractivity contribution in [3.63, 3.8) is 0 Å². The molecule has 0 fully saturated rings. The van der Waals surface area contributed by atoms with Crippen LogP contribution in [0.4, 0.5) is 5.69 Å². The summed E-state index contributed by atoms with van der Waals surface area (Å²) in [6.45, 7) is 1.36. The number of nitrogen functional groups attached to an aromatic ring is 1. The van der Waals surface area contributed by atoms with Gasteiger partial charge >= 0.3 is 0 Å². The van der Waals surface area contributed by atoms with Crippen molar-refractivity contribution in [3.8, 4) is 5.75 Å². The second-order valence-electron chi connectivity index (χ2n) is 3.81. The number of carbonyl (C=O) groups excluding carboxylic acids is 1. The number of primary amides is 1. The largest absolute Gasteiger partial charge is 0.495 e. The van der Waals surface area contributed by atoms with Gasteiger partial charge in [-0.3, -0.25) is 4.79 Å². The van der Waals surface area contributed by atoms with Gasteiger partial charge in [-0.2, -0.15) is 4.31 Å². The number of rotatable bonds is 6. The molecule has 0 bridgehead atoms. The third-order valence-corrected chi connectivity index (χ3v) is 4.45. The molecule has 1 aromatic rings. The topological polar surface area (TPSA) is 116 Å². The smallest absolute Gasteiger partial charge is 0.247 e. The Morgan fingerprint density at radius 3 is 2.53 bits per heavy atom. The third kappa shape index (κ3) is 3.36. The van der Waals surface area contributed by atoms with E-state index >= 15 is 0 Å². The van der Waals surface area contributed by atoms with Crippen molar-refractivity contribution in [2.24, 2.45) is 5.73 Å². The number of likely N-dealkylation sites (N-methyl/N-ethyl adjacent to an activating group) is 1. The zero-order chi connectivity index (χ0) is 14.6. The van der Waals surface area contributed by atoms with Crippen LogP contribution in [0.15, 0.2) is 23.1 Å². The normalized spacial score (nSPS) is 11.5. The molecular weight excluding hydrogens is 270 g/mol. The Kier molecular flexibility index (Phi) is 4.73. The van der Waals surface area contributed by atoms with Crippen LogP contribution in [0, 0.1) is 0 Å². The molecule has 1 amide bonds. The molecule has 1 rings (SSSR count). The van der Waals surface area contributed by atoms with Gasteiger partial charge < -0.3 is 16.2 Å². The Morgan fingerprint density at radius 2 is 2.05 bits per heavy atom. The molecule has 106 valence electrons. The highest BCUT2D eigenvalue weighted by atomic mass is 32.2. The van der Waals surface area contributed by atoms with Gasteiger partial charge in [0.25, 0.3) is 0 Å². The molecular formula is C11H17N3O4S. The fourth-order valence-corrected chi connectivity index (χ4v) is 3.13. The number of sulfonamides is 1. The molecule has 0 aliphatic rings. The minimum atomic E-state index is -3.85. The molecule has 0 spiro atoms. The first kappa shape index (κ1) is 15.3. The maximum atomic E-state index is 12.4. The van der Waals surface area contributed by atoms with Gasteiger partial charge in [-0.15, -0.1) is 0 Å². The summed E-state index contributed by atoms with van der Waals surface area (Å²) in [6.07, 6.45) is 0. The van der Waals surface area contributed by atoms with E-state index in [1.54, 1.807) is 6.92 Å². The van der Waals surface area contributed by atoms with E-state index in [0.29, 0.717) is 5.69 Å². The summed E-state index contributed by atoms with van der Waals surface area (Å²) in [5.74, 6) is -0.595. The van der Waals surface area contributed by atoms with Crippen molar-refractivity contribution >= 4 is 21.6 Å². The van der Waals surface area contributed by atoms with Crippen molar-refractivity contribution in [1.82, 2.24) is 4.31 Å². The first-order valence-corrected chi connectivity index (χ1v) is 6.99. The van der Waals surface area contributed by atoms with Gasteiger partial charge in [0.2, 0.25) is 15.9 Å². The molecule has 0 unspecified atom stereocenters. The van der Waals surface area contributed by atoms with Gasteiger partial charge in [0.15, 0.2) is 0 Å². The average molecular weight is 287 g/mol. The summed E-state index contributed by atoms with van der Waals surface area (Å²) in [7, 11) is -2.51. The lowest BCUT2D eigenvalue weighted by molar-refractivity contribution is -0.118. The highest BCUT2D eigenvalue weighted by Gasteiger charge is 2.27. The number of carbonyl (C=O) groups is 1. The summed E-state index contributed by atoms with van der Waals surface area (Å²) >= 11 is 0. The quantitative estimate of drug-likeness (QED) is 0.701. The Morgan fingerprint density at radius 1 is 1.42 bits per heavy atom. The second kappa shape index (κ2) is 5.89. The van der Waals surface area contributed by atoms with Crippen molar-refractivity contribution in [1.29, 1.82) is 0 Å². The first-order valence-electron chi connectivity index (χ1n) is 5.55. The number of hydrogen-bond donors (Lipinski definition) is 2. The van der Waals surface area contributed by atoms with Gasteiger partial charge in [0.05, 0.1) is 13.7 Å². The molecule has 0 heterocycles. The SMILES string of the molecule is CCN(CC(N)=O)S(=O)(=O)c1ccc(N)cc1OC. The van der Waals surface area contributed by atoms with Crippen molar-refractivity contribution in [2.45, 2.75) is 11.8 Å².